The van der Waals surface area contributed by atoms with E-state index in [2.05, 4.69) is 26.2 Å². The number of anilines is 1. The van der Waals surface area contributed by atoms with Gasteiger partial charge in [0.15, 0.2) is 5.13 Å². The van der Waals surface area contributed by atoms with Crippen LogP contribution in [0.25, 0.3) is 0 Å². The van der Waals surface area contributed by atoms with Crippen molar-refractivity contribution in [3.63, 3.8) is 0 Å². The van der Waals surface area contributed by atoms with Gasteiger partial charge >= 0.3 is 18.4 Å². The fourth-order valence-electron chi connectivity index (χ4n) is 3.52. The molecule has 1 aliphatic heterocycles. The van der Waals surface area contributed by atoms with Crippen molar-refractivity contribution in [2.45, 2.75) is 77.8 Å². The molecule has 0 radical (unpaired) electrons. The summed E-state index contributed by atoms with van der Waals surface area (Å²) in [7, 11) is 0. The number of thiazole rings is 1. The maximum Gasteiger partial charge on any atom is 0.416 e. The van der Waals surface area contributed by atoms with Crippen LogP contribution >= 0.6 is 27.3 Å². The Balaban J connectivity index is 2.22. The third kappa shape index (κ3) is 10.5. The minimum absolute atomic E-state index is 0.00664. The minimum Gasteiger partial charge on any atom is -0.444 e. The van der Waals surface area contributed by atoms with Crippen LogP contribution in [0.15, 0.2) is 9.98 Å². The van der Waals surface area contributed by atoms with E-state index in [0.29, 0.717) is 8.92 Å². The molecule has 0 aromatic carbocycles. The van der Waals surface area contributed by atoms with Crippen LogP contribution in [0.4, 0.5) is 27.9 Å². The molecule has 1 aromatic heterocycles. The van der Waals surface area contributed by atoms with Crippen LogP contribution in [0.2, 0.25) is 0 Å². The number of rotatable bonds is 6. The monoisotopic (exact) mass is 586 g/mol. The Hall–Kier alpha value is -1.60. The van der Waals surface area contributed by atoms with Gasteiger partial charge in [-0.1, -0.05) is 11.3 Å². The fourth-order valence-corrected chi connectivity index (χ4v) is 4.70. The second-order valence-corrected chi connectivity index (χ2v) is 12.9. The summed E-state index contributed by atoms with van der Waals surface area (Å²) >= 11 is 4.56. The van der Waals surface area contributed by atoms with E-state index in [-0.39, 0.29) is 39.0 Å². The van der Waals surface area contributed by atoms with Crippen LogP contribution < -0.4 is 10.2 Å². The summed E-state index contributed by atoms with van der Waals surface area (Å²) in [5, 5.41) is 3.14. The number of likely N-dealkylation sites (tertiary alicyclic amines) is 1. The van der Waals surface area contributed by atoms with Gasteiger partial charge in [0.2, 0.25) is 0 Å². The lowest BCUT2D eigenvalue weighted by Gasteiger charge is -2.36. The number of ether oxygens (including phenoxy) is 2. The van der Waals surface area contributed by atoms with Crippen LogP contribution in [0.3, 0.4) is 0 Å². The van der Waals surface area contributed by atoms with Crippen molar-refractivity contribution in [3.05, 3.63) is 9.98 Å². The van der Waals surface area contributed by atoms with Gasteiger partial charge in [0.05, 0.1) is 28.5 Å². The molecule has 1 fully saturated rings. The first kappa shape index (κ1) is 29.6. The molecule has 2 heterocycles. The van der Waals surface area contributed by atoms with Crippen LogP contribution in [0, 0.1) is 5.92 Å². The highest BCUT2D eigenvalue weighted by atomic mass is 79.9. The van der Waals surface area contributed by atoms with E-state index in [9.17, 15) is 22.8 Å². The van der Waals surface area contributed by atoms with Crippen molar-refractivity contribution < 1.29 is 32.2 Å². The van der Waals surface area contributed by atoms with Gasteiger partial charge in [0.25, 0.3) is 0 Å². The van der Waals surface area contributed by atoms with E-state index in [1.165, 1.54) is 16.2 Å². The third-order valence-electron chi connectivity index (χ3n) is 4.96. The van der Waals surface area contributed by atoms with Gasteiger partial charge in [-0.25, -0.2) is 14.6 Å². The molecular weight excluding hydrogens is 553 g/mol. The highest BCUT2D eigenvalue weighted by molar-refractivity contribution is 9.11. The molecule has 13 heteroatoms. The molecule has 1 aromatic rings. The number of aromatic nitrogens is 1. The molecule has 0 spiro atoms. The molecule has 1 saturated heterocycles. The topological polar surface area (TPSA) is 84.0 Å². The van der Waals surface area contributed by atoms with Crippen LogP contribution in [-0.4, -0.2) is 71.7 Å². The van der Waals surface area contributed by atoms with Crippen molar-refractivity contribution in [3.8, 4) is 0 Å². The Morgan fingerprint density at radius 3 is 2.20 bits per heavy atom. The number of piperidine rings is 1. The maximum absolute atomic E-state index is 13.1. The SMILES string of the molecule is CC(C)(C)OC(=O)N[C@@H](CN1CCC(C(F)(F)F)CC1)CN(C(=O)OC(C)(C)C)c1ncc(Br)s1. The first-order valence-corrected chi connectivity index (χ1v) is 12.9. The van der Waals surface area contributed by atoms with Crippen molar-refractivity contribution in [2.75, 3.05) is 31.1 Å². The standard InChI is InChI=1S/C22H34BrF3N4O4S/c1-20(2,3)33-18(31)28-15(12-29-9-7-14(8-10-29)22(24,25)26)13-30(17-27-11-16(23)35-17)19(32)34-21(4,5)6/h11,14-15H,7-10,12-13H2,1-6H3,(H,28,31)/t15-/m0/s1. The Labute approximate surface area is 216 Å². The third-order valence-corrected chi connectivity index (χ3v) is 6.46. The average Bonchev–Trinajstić information content (AvgIpc) is 3.08. The first-order valence-electron chi connectivity index (χ1n) is 11.3. The Bertz CT molecular complexity index is 862. The summed E-state index contributed by atoms with van der Waals surface area (Å²) in [6, 6.07) is -0.650. The van der Waals surface area contributed by atoms with Crippen molar-refractivity contribution in [1.82, 2.24) is 15.2 Å². The highest BCUT2D eigenvalue weighted by Crippen LogP contribution is 2.34. The lowest BCUT2D eigenvalue weighted by atomic mass is 9.96. The molecule has 1 N–H and O–H groups in total. The molecule has 35 heavy (non-hydrogen) atoms. The number of hydrogen-bond acceptors (Lipinski definition) is 7. The number of carbonyl (C=O) groups is 2. The van der Waals surface area contributed by atoms with Gasteiger partial charge in [-0.15, -0.1) is 0 Å². The minimum atomic E-state index is -4.22. The zero-order valence-electron chi connectivity index (χ0n) is 20.9. The quantitative estimate of drug-likeness (QED) is 0.452. The highest BCUT2D eigenvalue weighted by Gasteiger charge is 2.41. The Kier molecular flexibility index (Phi) is 9.85. The molecule has 200 valence electrons. The molecule has 1 aliphatic rings. The van der Waals surface area contributed by atoms with Crippen molar-refractivity contribution in [2.24, 2.45) is 5.92 Å². The van der Waals surface area contributed by atoms with E-state index in [1.807, 2.05) is 4.90 Å². The number of halogens is 4. The van der Waals surface area contributed by atoms with Gasteiger partial charge in [-0.2, -0.15) is 13.2 Å². The summed E-state index contributed by atoms with van der Waals surface area (Å²) in [5.74, 6) is -1.33. The Morgan fingerprint density at radius 1 is 1.17 bits per heavy atom. The van der Waals surface area contributed by atoms with Crippen LogP contribution in [-0.2, 0) is 9.47 Å². The van der Waals surface area contributed by atoms with E-state index in [4.69, 9.17) is 9.47 Å². The van der Waals surface area contributed by atoms with Gasteiger partial charge in [-0.3, -0.25) is 4.90 Å². The Morgan fingerprint density at radius 2 is 1.74 bits per heavy atom. The van der Waals surface area contributed by atoms with Crippen LogP contribution in [0.5, 0.6) is 0 Å². The van der Waals surface area contributed by atoms with E-state index < -0.39 is 41.5 Å². The second-order valence-electron chi connectivity index (χ2n) is 10.5. The second kappa shape index (κ2) is 11.6. The zero-order chi connectivity index (χ0) is 26.6. The number of amides is 2. The van der Waals surface area contributed by atoms with Crippen LogP contribution in [0.1, 0.15) is 54.4 Å². The average molecular weight is 588 g/mol. The summed E-state index contributed by atoms with van der Waals surface area (Å²) in [5.41, 5.74) is -1.51. The van der Waals surface area contributed by atoms with Gasteiger partial charge < -0.3 is 19.7 Å². The van der Waals surface area contributed by atoms with Gasteiger partial charge in [0.1, 0.15) is 11.2 Å². The normalized spacial score (nSPS) is 17.1. The molecule has 0 unspecified atom stereocenters. The summed E-state index contributed by atoms with van der Waals surface area (Å²) in [6.45, 7) is 11.1. The smallest absolute Gasteiger partial charge is 0.416 e. The molecule has 2 amide bonds. The molecule has 0 saturated carbocycles. The number of carbonyl (C=O) groups excluding carboxylic acids is 2. The lowest BCUT2D eigenvalue weighted by molar-refractivity contribution is -0.185. The van der Waals surface area contributed by atoms with Gasteiger partial charge in [0, 0.05) is 6.54 Å². The molecular formula is C22H34BrF3N4O4S. The largest absolute Gasteiger partial charge is 0.444 e. The fraction of sp³-hybridized carbons (Fsp3) is 0.773. The van der Waals surface area contributed by atoms with E-state index >= 15 is 0 Å². The van der Waals surface area contributed by atoms with E-state index in [1.54, 1.807) is 47.7 Å². The predicted molar refractivity (Wildman–Crippen MR) is 132 cm³/mol. The number of nitrogens with one attached hydrogen (secondary N) is 1. The number of alkyl halides is 3. The molecule has 1 atom stereocenters. The molecule has 0 bridgehead atoms. The lowest BCUT2D eigenvalue weighted by Crippen LogP contribution is -2.54. The zero-order valence-corrected chi connectivity index (χ0v) is 23.3. The molecule has 8 nitrogen and oxygen atoms in total. The molecule has 0 aliphatic carbocycles. The van der Waals surface area contributed by atoms with Crippen molar-refractivity contribution >= 4 is 44.6 Å². The number of alkyl carbamates (subject to hydrolysis) is 1. The first-order chi connectivity index (χ1) is 15.9. The summed E-state index contributed by atoms with van der Waals surface area (Å²) in [4.78, 5) is 33.0. The summed E-state index contributed by atoms with van der Waals surface area (Å²) in [6.07, 6.45) is -4.03. The van der Waals surface area contributed by atoms with Gasteiger partial charge in [-0.05, 0) is 83.4 Å². The number of nitrogens with zero attached hydrogens (tertiary/aromatic N) is 3. The van der Waals surface area contributed by atoms with E-state index in [0.717, 1.165) is 0 Å². The predicted octanol–water partition coefficient (Wildman–Crippen LogP) is 5.81. The molecule has 2 rings (SSSR count). The number of hydrogen-bond donors (Lipinski definition) is 1. The maximum atomic E-state index is 13.1. The van der Waals surface area contributed by atoms with Crippen molar-refractivity contribution in [1.29, 1.82) is 0 Å². The summed E-state index contributed by atoms with van der Waals surface area (Å²) < 4.78 is 50.9.